The number of likely N-dealkylation sites (tertiary alicyclic amines) is 1. The number of rotatable bonds is 33. The zero-order valence-electron chi connectivity index (χ0n) is 50.7. The fourth-order valence-electron chi connectivity index (χ4n) is 8.56. The standard InChI is InChI=1S/C56H101N11O12/c1-19-34(8)20-21-43(70)67-29-35(9)27-41(67)49(75)61-40(26-36(10)30-68)47(73)63-44(45(71)33(6)7)50(76)65-55(14,15)52(78)62-38(24-31(2)3)46(72)60-39(25-32(4)5)48(74)64-56(16,17)53(79)66-54(12,13)51(77)58-23-22-42(69)59-37(11)28-57-18/h20-21,31-41,44-45,57,68,71H,19,22-30H2,1-18H3,(H,58,77)(H,59,69)(H,60,72)(H,61,75)(H,62,78)(H,63,73)(H,64,74)(H,65,76)(H,66,79)/b21-20+/t34-,35?,36?,37?,38?,39?,40?,41?,44?,45?/m1/s1. The van der Waals surface area contributed by atoms with Gasteiger partial charge in [0.05, 0.1) is 6.10 Å². The van der Waals surface area contributed by atoms with Crippen molar-refractivity contribution in [3.63, 3.8) is 0 Å². The lowest BCUT2D eigenvalue weighted by Gasteiger charge is -2.34. The van der Waals surface area contributed by atoms with Crippen LogP contribution in [0.3, 0.4) is 0 Å². The van der Waals surface area contributed by atoms with Gasteiger partial charge in [-0.05, 0) is 123 Å². The van der Waals surface area contributed by atoms with E-state index < -0.39 is 112 Å². The summed E-state index contributed by atoms with van der Waals surface area (Å²) in [4.78, 5) is 139. The van der Waals surface area contributed by atoms with E-state index >= 15 is 0 Å². The lowest BCUT2D eigenvalue weighted by Crippen LogP contribution is -2.66. The largest absolute Gasteiger partial charge is 0.396 e. The second kappa shape index (κ2) is 32.5. The van der Waals surface area contributed by atoms with Crippen molar-refractivity contribution in [2.75, 3.05) is 33.3 Å². The van der Waals surface area contributed by atoms with E-state index in [1.165, 1.54) is 52.5 Å². The van der Waals surface area contributed by atoms with Gasteiger partial charge in [0, 0.05) is 38.7 Å². The van der Waals surface area contributed by atoms with Gasteiger partial charge in [-0.25, -0.2) is 0 Å². The quantitative estimate of drug-likeness (QED) is 0.0406. The Morgan fingerprint density at radius 2 is 1.16 bits per heavy atom. The van der Waals surface area contributed by atoms with E-state index in [9.17, 15) is 58.2 Å². The zero-order valence-corrected chi connectivity index (χ0v) is 50.7. The van der Waals surface area contributed by atoms with Crippen molar-refractivity contribution in [3.8, 4) is 0 Å². The Hall–Kier alpha value is -5.68. The molecule has 1 rings (SSSR count). The minimum atomic E-state index is -1.79. The van der Waals surface area contributed by atoms with Gasteiger partial charge in [-0.15, -0.1) is 0 Å². The van der Waals surface area contributed by atoms with Crippen molar-refractivity contribution in [1.82, 2.24) is 58.1 Å². The van der Waals surface area contributed by atoms with Gasteiger partial charge in [-0.3, -0.25) is 47.9 Å². The molecular formula is C56H101N11O12. The molecule has 0 spiro atoms. The van der Waals surface area contributed by atoms with Crippen molar-refractivity contribution in [2.24, 2.45) is 35.5 Å². The molecule has 1 heterocycles. The summed E-state index contributed by atoms with van der Waals surface area (Å²) in [5, 5.41) is 48.5. The molecule has 10 atom stereocenters. The molecule has 23 nitrogen and oxygen atoms in total. The fourth-order valence-corrected chi connectivity index (χ4v) is 8.56. The van der Waals surface area contributed by atoms with Gasteiger partial charge in [0.1, 0.15) is 46.8 Å². The molecule has 1 saturated heterocycles. The van der Waals surface area contributed by atoms with Crippen LogP contribution in [0.4, 0.5) is 0 Å². The second-order valence-corrected chi connectivity index (χ2v) is 24.6. The lowest BCUT2D eigenvalue weighted by atomic mass is 9.95. The number of nitrogens with one attached hydrogen (secondary N) is 10. The molecule has 79 heavy (non-hydrogen) atoms. The Balaban J connectivity index is 3.32. The first-order valence-corrected chi connectivity index (χ1v) is 28.1. The van der Waals surface area contributed by atoms with Gasteiger partial charge in [-0.2, -0.15) is 0 Å². The number of hydrogen-bond acceptors (Lipinski definition) is 13. The van der Waals surface area contributed by atoms with E-state index in [0.717, 1.165) is 6.42 Å². The number of allylic oxidation sites excluding steroid dienone is 1. The van der Waals surface area contributed by atoms with Crippen LogP contribution in [0.15, 0.2) is 12.2 Å². The maximum absolute atomic E-state index is 14.2. The predicted molar refractivity (Wildman–Crippen MR) is 302 cm³/mol. The Kier molecular flexibility index (Phi) is 29.4. The van der Waals surface area contributed by atoms with Crippen molar-refractivity contribution >= 4 is 59.1 Å². The molecule has 1 aliphatic rings. The first-order chi connectivity index (χ1) is 36.4. The van der Waals surface area contributed by atoms with Crippen LogP contribution in [0.25, 0.3) is 0 Å². The molecule has 10 amide bonds. The number of carbonyl (C=O) groups excluding carboxylic acids is 10. The highest BCUT2D eigenvalue weighted by molar-refractivity contribution is 6.00. The predicted octanol–water partition coefficient (Wildman–Crippen LogP) is 0.807. The summed E-state index contributed by atoms with van der Waals surface area (Å²) in [5.41, 5.74) is -4.87. The molecule has 0 aromatic carbocycles. The topological polar surface area (TPSA) is 335 Å². The maximum atomic E-state index is 14.2. The number of likely N-dealkylation sites (N-methyl/N-ethyl adjacent to an activating group) is 1. The van der Waals surface area contributed by atoms with Crippen LogP contribution in [-0.2, 0) is 47.9 Å². The third-order valence-electron chi connectivity index (χ3n) is 13.7. The number of carbonyl (C=O) groups is 10. The Morgan fingerprint density at radius 3 is 1.70 bits per heavy atom. The van der Waals surface area contributed by atoms with Gasteiger partial charge in [0.25, 0.3) is 0 Å². The van der Waals surface area contributed by atoms with Crippen LogP contribution in [0.2, 0.25) is 0 Å². The number of aliphatic hydroxyl groups is 2. The van der Waals surface area contributed by atoms with E-state index in [-0.39, 0.29) is 80.4 Å². The van der Waals surface area contributed by atoms with E-state index in [1.807, 2.05) is 55.4 Å². The Labute approximate surface area is 470 Å². The van der Waals surface area contributed by atoms with Crippen molar-refractivity contribution in [2.45, 2.75) is 215 Å². The molecule has 12 N–H and O–H groups in total. The van der Waals surface area contributed by atoms with E-state index in [1.54, 1.807) is 33.9 Å². The Morgan fingerprint density at radius 1 is 0.646 bits per heavy atom. The van der Waals surface area contributed by atoms with Crippen LogP contribution in [-0.4, -0.2) is 166 Å². The van der Waals surface area contributed by atoms with E-state index in [2.05, 4.69) is 53.2 Å². The van der Waals surface area contributed by atoms with E-state index in [0.29, 0.717) is 19.5 Å². The monoisotopic (exact) mass is 1120 g/mol. The van der Waals surface area contributed by atoms with Gasteiger partial charge < -0.3 is 68.3 Å². The average molecular weight is 1120 g/mol. The molecule has 0 aromatic heterocycles. The first-order valence-electron chi connectivity index (χ1n) is 28.1. The summed E-state index contributed by atoms with van der Waals surface area (Å²) in [6.45, 7) is 29.0. The summed E-state index contributed by atoms with van der Waals surface area (Å²) in [6.07, 6.45) is 3.05. The smallest absolute Gasteiger partial charge is 0.246 e. The summed E-state index contributed by atoms with van der Waals surface area (Å²) < 4.78 is 0. The molecule has 0 aliphatic carbocycles. The molecule has 1 fully saturated rings. The second-order valence-electron chi connectivity index (χ2n) is 24.6. The molecule has 0 saturated carbocycles. The molecular weight excluding hydrogens is 1020 g/mol. The third kappa shape index (κ3) is 24.3. The molecule has 1 aliphatic heterocycles. The van der Waals surface area contributed by atoms with Gasteiger partial charge in [0.2, 0.25) is 59.1 Å². The van der Waals surface area contributed by atoms with E-state index in [4.69, 9.17) is 0 Å². The number of hydrogen-bond donors (Lipinski definition) is 12. The van der Waals surface area contributed by atoms with Crippen LogP contribution < -0.4 is 53.2 Å². The van der Waals surface area contributed by atoms with Crippen LogP contribution in [0.5, 0.6) is 0 Å². The summed E-state index contributed by atoms with van der Waals surface area (Å²) in [6, 6.07) is -6.44. The highest BCUT2D eigenvalue weighted by Crippen LogP contribution is 2.25. The molecule has 452 valence electrons. The van der Waals surface area contributed by atoms with Gasteiger partial charge in [-0.1, -0.05) is 81.7 Å². The Bertz CT molecular complexity index is 2110. The molecule has 0 bridgehead atoms. The fraction of sp³-hybridized carbons (Fsp3) is 0.786. The molecule has 23 heteroatoms. The van der Waals surface area contributed by atoms with Crippen molar-refractivity contribution in [1.29, 1.82) is 0 Å². The third-order valence-corrected chi connectivity index (χ3v) is 13.7. The number of amides is 10. The highest BCUT2D eigenvalue weighted by atomic mass is 16.3. The summed E-state index contributed by atoms with van der Waals surface area (Å²) in [7, 11) is 1.76. The first kappa shape index (κ1) is 71.3. The van der Waals surface area contributed by atoms with Gasteiger partial charge in [0.15, 0.2) is 0 Å². The summed E-state index contributed by atoms with van der Waals surface area (Å²) in [5.74, 6) is -7.87. The van der Waals surface area contributed by atoms with Crippen molar-refractivity contribution in [3.05, 3.63) is 12.2 Å². The SMILES string of the molecule is CC[C@@H](C)/C=C/C(=O)N1CC(C)CC1C(=O)NC(CC(C)CO)C(=O)NC(C(=O)NC(C)(C)C(=O)NC(CC(C)C)C(=O)NC(CC(C)C)C(=O)NC(C)(C)C(=O)NC(C)(C)C(=O)NCCC(=O)NC(C)CNC)C(O)C(C)C. The zero-order chi connectivity index (χ0) is 60.9. The number of aliphatic hydroxyl groups excluding tert-OH is 2. The molecule has 0 aromatic rings. The summed E-state index contributed by atoms with van der Waals surface area (Å²) >= 11 is 0. The maximum Gasteiger partial charge on any atom is 0.246 e. The van der Waals surface area contributed by atoms with Crippen LogP contribution in [0, 0.1) is 35.5 Å². The average Bonchev–Trinajstić information content (AvgIpc) is 3.74. The molecule has 9 unspecified atom stereocenters. The highest BCUT2D eigenvalue weighted by Gasteiger charge is 2.43. The normalized spacial score (nSPS) is 18.1. The van der Waals surface area contributed by atoms with Crippen LogP contribution >= 0.6 is 0 Å². The minimum absolute atomic E-state index is 0.0109. The minimum Gasteiger partial charge on any atom is -0.396 e. The lowest BCUT2D eigenvalue weighted by molar-refractivity contribution is -0.140. The van der Waals surface area contributed by atoms with Gasteiger partial charge >= 0.3 is 0 Å². The van der Waals surface area contributed by atoms with Crippen molar-refractivity contribution < 1.29 is 58.2 Å². The van der Waals surface area contributed by atoms with Crippen LogP contribution in [0.1, 0.15) is 156 Å². The number of nitrogens with zero attached hydrogens (tertiary/aromatic N) is 1. The molecule has 0 radical (unpaired) electrons.